The van der Waals surface area contributed by atoms with Gasteiger partial charge in [-0.3, -0.25) is 9.36 Å². The molecular weight excluding hydrogens is 390 g/mol. The van der Waals surface area contributed by atoms with Crippen molar-refractivity contribution >= 4 is 50.8 Å². The first-order valence-electron chi connectivity index (χ1n) is 7.68. The van der Waals surface area contributed by atoms with Gasteiger partial charge in [0.2, 0.25) is 0 Å². The maximum absolute atomic E-state index is 11.0. The van der Waals surface area contributed by atoms with Gasteiger partial charge < -0.3 is 5.11 Å². The van der Waals surface area contributed by atoms with Crippen molar-refractivity contribution in [1.29, 1.82) is 0 Å². The van der Waals surface area contributed by atoms with Crippen molar-refractivity contribution in [3.05, 3.63) is 59.6 Å². The summed E-state index contributed by atoms with van der Waals surface area (Å²) in [6.07, 6.45) is 0. The second-order valence-electron chi connectivity index (χ2n) is 5.40. The summed E-state index contributed by atoms with van der Waals surface area (Å²) in [5, 5.41) is 19.7. The molecule has 2 aromatic heterocycles. The number of carbonyl (C=O) groups is 1. The largest absolute Gasteiger partial charge is 0.481 e. The van der Waals surface area contributed by atoms with Crippen LogP contribution >= 0.6 is 34.7 Å². The van der Waals surface area contributed by atoms with Crippen molar-refractivity contribution in [3.63, 3.8) is 0 Å². The van der Waals surface area contributed by atoms with Crippen LogP contribution in [0.4, 0.5) is 0 Å². The number of hydrogen-bond acceptors (Lipinski definition) is 5. The quantitative estimate of drug-likeness (QED) is 0.478. The third-order valence-corrected chi connectivity index (χ3v) is 6.30. The Morgan fingerprint density at radius 3 is 2.58 bits per heavy atom. The lowest BCUT2D eigenvalue weighted by Gasteiger charge is -2.09. The molecule has 2 heterocycles. The third-order valence-electron chi connectivity index (χ3n) is 3.71. The highest BCUT2D eigenvalue weighted by Gasteiger charge is 2.21. The summed E-state index contributed by atoms with van der Waals surface area (Å²) in [5.74, 6) is -0.389. The van der Waals surface area contributed by atoms with Gasteiger partial charge in [-0.05, 0) is 18.2 Å². The lowest BCUT2D eigenvalue weighted by Crippen LogP contribution is -2.02. The van der Waals surface area contributed by atoms with Crippen LogP contribution in [0.2, 0.25) is 5.02 Å². The minimum Gasteiger partial charge on any atom is -0.481 e. The number of thiophene rings is 1. The Morgan fingerprint density at radius 1 is 1.12 bits per heavy atom. The van der Waals surface area contributed by atoms with Gasteiger partial charge in [0.05, 0.1) is 15.7 Å². The van der Waals surface area contributed by atoms with Crippen LogP contribution in [0.25, 0.3) is 26.5 Å². The van der Waals surface area contributed by atoms with Gasteiger partial charge in [-0.2, -0.15) is 0 Å². The minimum atomic E-state index is -0.904. The van der Waals surface area contributed by atoms with Crippen LogP contribution in [0, 0.1) is 0 Å². The summed E-state index contributed by atoms with van der Waals surface area (Å²) in [5.41, 5.74) is 0.855. The molecule has 0 aliphatic carbocycles. The van der Waals surface area contributed by atoms with E-state index in [0.717, 1.165) is 32.4 Å². The first kappa shape index (κ1) is 17.1. The summed E-state index contributed by atoms with van der Waals surface area (Å²) < 4.78 is 2.92. The minimum absolute atomic E-state index is 0.0921. The Balaban J connectivity index is 1.90. The van der Waals surface area contributed by atoms with Crippen molar-refractivity contribution in [2.75, 3.05) is 5.75 Å². The Labute approximate surface area is 162 Å². The molecule has 26 heavy (non-hydrogen) atoms. The van der Waals surface area contributed by atoms with E-state index in [1.54, 1.807) is 11.3 Å². The number of aliphatic carboxylic acids is 1. The van der Waals surface area contributed by atoms with Crippen LogP contribution in [0.15, 0.2) is 59.8 Å². The molecule has 8 heteroatoms. The first-order chi connectivity index (χ1) is 12.6. The van der Waals surface area contributed by atoms with Crippen LogP contribution in [0.5, 0.6) is 0 Å². The zero-order valence-electron chi connectivity index (χ0n) is 13.3. The Morgan fingerprint density at radius 2 is 1.85 bits per heavy atom. The summed E-state index contributed by atoms with van der Waals surface area (Å²) in [4.78, 5) is 11.8. The number of halogens is 1. The van der Waals surface area contributed by atoms with E-state index in [0.29, 0.717) is 16.0 Å². The second-order valence-corrected chi connectivity index (χ2v) is 7.77. The number of hydrogen-bond donors (Lipinski definition) is 1. The average Bonchev–Trinajstić information content (AvgIpc) is 3.22. The topological polar surface area (TPSA) is 68.0 Å². The fraction of sp³-hybridized carbons (Fsp3) is 0.0556. The number of fused-ring (bicyclic) bond motifs is 1. The number of para-hydroxylation sites is 1. The predicted octanol–water partition coefficient (Wildman–Crippen LogP) is 4.98. The Hall–Kier alpha value is -2.35. The van der Waals surface area contributed by atoms with Gasteiger partial charge in [0.1, 0.15) is 0 Å². The first-order valence-corrected chi connectivity index (χ1v) is 9.86. The van der Waals surface area contributed by atoms with Gasteiger partial charge in [0.15, 0.2) is 11.0 Å². The van der Waals surface area contributed by atoms with E-state index >= 15 is 0 Å². The highest BCUT2D eigenvalue weighted by molar-refractivity contribution is 7.99. The van der Waals surface area contributed by atoms with Gasteiger partial charge >= 0.3 is 5.97 Å². The molecule has 0 amide bonds. The number of carboxylic acids is 1. The summed E-state index contributed by atoms with van der Waals surface area (Å²) in [6, 6.07) is 17.5. The SMILES string of the molecule is O=C(O)CSc1nnc(-c2sc3ccccc3c2Cl)n1-c1ccccc1. The number of thioether (sulfide) groups is 1. The molecule has 4 aromatic rings. The normalized spacial score (nSPS) is 11.1. The molecule has 0 saturated carbocycles. The summed E-state index contributed by atoms with van der Waals surface area (Å²) in [6.45, 7) is 0. The van der Waals surface area contributed by atoms with Crippen molar-refractivity contribution < 1.29 is 9.90 Å². The van der Waals surface area contributed by atoms with Crippen molar-refractivity contribution in [3.8, 4) is 16.4 Å². The van der Waals surface area contributed by atoms with Crippen molar-refractivity contribution in [2.24, 2.45) is 0 Å². The number of nitrogens with zero attached hydrogens (tertiary/aromatic N) is 3. The number of aromatic nitrogens is 3. The van der Waals surface area contributed by atoms with Crippen molar-refractivity contribution in [1.82, 2.24) is 14.8 Å². The van der Waals surface area contributed by atoms with Crippen LogP contribution < -0.4 is 0 Å². The molecule has 2 aromatic carbocycles. The van der Waals surface area contributed by atoms with Crippen LogP contribution in [-0.4, -0.2) is 31.6 Å². The highest BCUT2D eigenvalue weighted by Crippen LogP contribution is 2.42. The molecule has 0 aliphatic rings. The van der Waals surface area contributed by atoms with E-state index < -0.39 is 5.97 Å². The summed E-state index contributed by atoms with van der Waals surface area (Å²) >= 11 is 9.29. The van der Waals surface area contributed by atoms with E-state index in [-0.39, 0.29) is 5.75 Å². The van der Waals surface area contributed by atoms with Crippen LogP contribution in [0.1, 0.15) is 0 Å². The molecular formula is C18H12ClN3O2S2. The molecule has 130 valence electrons. The number of carboxylic acid groups (broad SMARTS) is 1. The maximum atomic E-state index is 11.0. The third kappa shape index (κ3) is 3.09. The molecule has 5 nitrogen and oxygen atoms in total. The number of rotatable bonds is 5. The Bertz CT molecular complexity index is 1090. The Kier molecular flexibility index (Phi) is 4.67. The summed E-state index contributed by atoms with van der Waals surface area (Å²) in [7, 11) is 0. The van der Waals surface area contributed by atoms with E-state index in [4.69, 9.17) is 16.7 Å². The molecule has 1 N–H and O–H groups in total. The lowest BCUT2D eigenvalue weighted by molar-refractivity contribution is -0.133. The molecule has 0 fully saturated rings. The predicted molar refractivity (Wildman–Crippen MR) is 106 cm³/mol. The molecule has 0 saturated heterocycles. The highest BCUT2D eigenvalue weighted by atomic mass is 35.5. The van der Waals surface area contributed by atoms with E-state index in [2.05, 4.69) is 10.2 Å². The van der Waals surface area contributed by atoms with E-state index in [1.807, 2.05) is 59.2 Å². The van der Waals surface area contributed by atoms with Gasteiger partial charge in [0, 0.05) is 15.8 Å². The molecule has 0 spiro atoms. The zero-order chi connectivity index (χ0) is 18.1. The lowest BCUT2D eigenvalue weighted by atomic mass is 10.2. The molecule has 0 unspecified atom stereocenters. The molecule has 0 bridgehead atoms. The van der Waals surface area contributed by atoms with Gasteiger partial charge in [-0.1, -0.05) is 59.8 Å². The van der Waals surface area contributed by atoms with Gasteiger partial charge in [0.25, 0.3) is 0 Å². The monoisotopic (exact) mass is 401 g/mol. The van der Waals surface area contributed by atoms with Gasteiger partial charge in [-0.25, -0.2) is 0 Å². The zero-order valence-corrected chi connectivity index (χ0v) is 15.7. The van der Waals surface area contributed by atoms with Gasteiger partial charge in [-0.15, -0.1) is 21.5 Å². The second kappa shape index (κ2) is 7.11. The maximum Gasteiger partial charge on any atom is 0.313 e. The fourth-order valence-electron chi connectivity index (χ4n) is 2.60. The molecule has 0 atom stereocenters. The smallest absolute Gasteiger partial charge is 0.313 e. The standard InChI is InChI=1S/C18H12ClN3O2S2/c19-15-12-8-4-5-9-13(12)26-16(15)17-20-21-18(25-10-14(23)24)22(17)11-6-2-1-3-7-11/h1-9H,10H2,(H,23,24). The fourth-order valence-corrected chi connectivity index (χ4v) is 4.77. The molecule has 4 rings (SSSR count). The van der Waals surface area contributed by atoms with Crippen molar-refractivity contribution in [2.45, 2.75) is 5.16 Å². The average molecular weight is 402 g/mol. The van der Waals surface area contributed by atoms with Crippen LogP contribution in [0.3, 0.4) is 0 Å². The molecule has 0 aliphatic heterocycles. The van der Waals surface area contributed by atoms with E-state index in [1.165, 1.54) is 0 Å². The number of benzene rings is 2. The van der Waals surface area contributed by atoms with Crippen LogP contribution in [-0.2, 0) is 4.79 Å². The van der Waals surface area contributed by atoms with E-state index in [9.17, 15) is 4.79 Å². The molecule has 0 radical (unpaired) electrons.